The fraction of sp³-hybridized carbons (Fsp3) is 0.188. The molecule has 20 heavy (non-hydrogen) atoms. The van der Waals surface area contributed by atoms with Gasteiger partial charge in [-0.1, -0.05) is 72.6 Å². The van der Waals surface area contributed by atoms with Gasteiger partial charge < -0.3 is 5.11 Å². The van der Waals surface area contributed by atoms with Crippen LogP contribution < -0.4 is 4.72 Å². The molecule has 2 aromatic carbocycles. The third kappa shape index (κ3) is 4.72. The van der Waals surface area contributed by atoms with Crippen LogP contribution in [0.25, 0.3) is 0 Å². The first kappa shape index (κ1) is 14.6. The van der Waals surface area contributed by atoms with Gasteiger partial charge in [-0.05, 0) is 17.5 Å². The van der Waals surface area contributed by atoms with Gasteiger partial charge in [-0.2, -0.15) is 0 Å². The Labute approximate surface area is 123 Å². The number of nitrogens with one attached hydrogen (secondary N) is 1. The molecule has 2 N–H and O–H groups in total. The molecule has 4 heteroatoms. The van der Waals surface area contributed by atoms with Crippen molar-refractivity contribution in [2.24, 2.45) is 0 Å². The van der Waals surface area contributed by atoms with E-state index in [-0.39, 0.29) is 0 Å². The number of benzene rings is 2. The second kappa shape index (κ2) is 7.72. The lowest BCUT2D eigenvalue weighted by Gasteiger charge is -2.13. The first-order valence-electron chi connectivity index (χ1n) is 6.43. The summed E-state index contributed by atoms with van der Waals surface area (Å²) < 4.78 is 3.03. The van der Waals surface area contributed by atoms with Gasteiger partial charge in [0.05, 0.1) is 0 Å². The minimum Gasteiger partial charge on any atom is -0.480 e. The summed E-state index contributed by atoms with van der Waals surface area (Å²) in [5, 5.41) is 9.26. The lowest BCUT2D eigenvalue weighted by molar-refractivity contribution is -0.138. The Morgan fingerprint density at radius 2 is 1.55 bits per heavy atom. The van der Waals surface area contributed by atoms with E-state index < -0.39 is 12.0 Å². The van der Waals surface area contributed by atoms with E-state index in [0.717, 1.165) is 11.3 Å². The van der Waals surface area contributed by atoms with Crippen LogP contribution in [0, 0.1) is 0 Å². The predicted octanol–water partition coefficient (Wildman–Crippen LogP) is 3.12. The Bertz CT molecular complexity index is 531. The van der Waals surface area contributed by atoms with Crippen LogP contribution in [0.1, 0.15) is 11.1 Å². The highest BCUT2D eigenvalue weighted by atomic mass is 32.2. The monoisotopic (exact) mass is 287 g/mol. The third-order valence-electron chi connectivity index (χ3n) is 2.89. The Hall–Kier alpha value is -1.78. The minimum atomic E-state index is -0.825. The average molecular weight is 287 g/mol. The highest BCUT2D eigenvalue weighted by molar-refractivity contribution is 7.96. The molecule has 0 aliphatic rings. The molecule has 2 aromatic rings. The number of hydrogen-bond donors (Lipinski definition) is 2. The Kier molecular flexibility index (Phi) is 5.65. The molecular formula is C16H17NO2S. The second-order valence-electron chi connectivity index (χ2n) is 4.47. The third-order valence-corrected chi connectivity index (χ3v) is 3.82. The molecule has 0 saturated heterocycles. The highest BCUT2D eigenvalue weighted by Crippen LogP contribution is 2.11. The van der Waals surface area contributed by atoms with Crippen LogP contribution in [-0.4, -0.2) is 17.1 Å². The normalized spacial score (nSPS) is 12.0. The fourth-order valence-corrected chi connectivity index (χ4v) is 2.66. The number of hydrogen-bond acceptors (Lipinski definition) is 3. The largest absolute Gasteiger partial charge is 0.480 e. The maximum absolute atomic E-state index is 11.3. The molecule has 0 radical (unpaired) electrons. The van der Waals surface area contributed by atoms with Gasteiger partial charge in [0.2, 0.25) is 0 Å². The van der Waals surface area contributed by atoms with Crippen LogP contribution in [0.4, 0.5) is 0 Å². The SMILES string of the molecule is O=C(O)C(Cc1ccccc1)NSCc1ccccc1. The van der Waals surface area contributed by atoms with Gasteiger partial charge in [-0.3, -0.25) is 4.79 Å². The molecule has 2 rings (SSSR count). The van der Waals surface area contributed by atoms with Crippen molar-refractivity contribution in [2.45, 2.75) is 18.2 Å². The van der Waals surface area contributed by atoms with Gasteiger partial charge in [0.15, 0.2) is 0 Å². The van der Waals surface area contributed by atoms with Crippen molar-refractivity contribution in [3.8, 4) is 0 Å². The van der Waals surface area contributed by atoms with E-state index in [4.69, 9.17) is 0 Å². The van der Waals surface area contributed by atoms with Gasteiger partial charge in [0.1, 0.15) is 6.04 Å². The van der Waals surface area contributed by atoms with E-state index in [1.54, 1.807) is 0 Å². The summed E-state index contributed by atoms with van der Waals surface area (Å²) in [5.74, 6) is -0.0752. The maximum Gasteiger partial charge on any atom is 0.321 e. The van der Waals surface area contributed by atoms with E-state index in [0.29, 0.717) is 6.42 Å². The summed E-state index contributed by atoms with van der Waals surface area (Å²) in [6, 6.07) is 19.1. The van der Waals surface area contributed by atoms with Gasteiger partial charge in [-0.25, -0.2) is 4.72 Å². The van der Waals surface area contributed by atoms with E-state index in [1.165, 1.54) is 17.5 Å². The second-order valence-corrected chi connectivity index (χ2v) is 5.29. The predicted molar refractivity (Wildman–Crippen MR) is 82.4 cm³/mol. The molecule has 0 aliphatic carbocycles. The smallest absolute Gasteiger partial charge is 0.321 e. The molecule has 1 unspecified atom stereocenters. The molecule has 0 saturated carbocycles. The van der Waals surface area contributed by atoms with Crippen molar-refractivity contribution in [3.63, 3.8) is 0 Å². The maximum atomic E-state index is 11.3. The van der Waals surface area contributed by atoms with Gasteiger partial charge in [0, 0.05) is 5.75 Å². The van der Waals surface area contributed by atoms with Crippen molar-refractivity contribution < 1.29 is 9.90 Å². The molecule has 104 valence electrons. The summed E-state index contributed by atoms with van der Waals surface area (Å²) in [7, 11) is 0. The van der Waals surface area contributed by atoms with E-state index >= 15 is 0 Å². The minimum absolute atomic E-state index is 0.484. The first-order chi connectivity index (χ1) is 9.75. The lowest BCUT2D eigenvalue weighted by atomic mass is 10.1. The topological polar surface area (TPSA) is 49.3 Å². The van der Waals surface area contributed by atoms with Crippen LogP contribution in [0.15, 0.2) is 60.7 Å². The lowest BCUT2D eigenvalue weighted by Crippen LogP contribution is -2.34. The number of carbonyl (C=O) groups is 1. The Morgan fingerprint density at radius 1 is 1.00 bits per heavy atom. The average Bonchev–Trinajstić information content (AvgIpc) is 2.48. The molecule has 0 heterocycles. The van der Waals surface area contributed by atoms with Crippen molar-refractivity contribution >= 4 is 17.9 Å². The number of carboxylic acid groups (broad SMARTS) is 1. The summed E-state index contributed by atoms with van der Waals surface area (Å²) in [6.45, 7) is 0. The summed E-state index contributed by atoms with van der Waals surface area (Å²) >= 11 is 1.43. The molecule has 0 spiro atoms. The molecule has 0 fully saturated rings. The van der Waals surface area contributed by atoms with Crippen molar-refractivity contribution in [3.05, 3.63) is 71.8 Å². The quantitative estimate of drug-likeness (QED) is 0.768. The van der Waals surface area contributed by atoms with Crippen molar-refractivity contribution in [1.82, 2.24) is 4.72 Å². The first-order valence-corrected chi connectivity index (χ1v) is 7.42. The fourth-order valence-electron chi connectivity index (χ4n) is 1.83. The van der Waals surface area contributed by atoms with E-state index in [1.807, 2.05) is 60.7 Å². The van der Waals surface area contributed by atoms with Crippen LogP contribution in [0.5, 0.6) is 0 Å². The molecule has 1 atom stereocenters. The zero-order valence-corrected chi connectivity index (χ0v) is 11.8. The number of carboxylic acids is 1. The zero-order valence-electron chi connectivity index (χ0n) is 11.0. The molecular weight excluding hydrogens is 270 g/mol. The van der Waals surface area contributed by atoms with Crippen LogP contribution >= 0.6 is 11.9 Å². The summed E-state index contributed by atoms with van der Waals surface area (Å²) in [6.07, 6.45) is 0.484. The number of rotatable bonds is 7. The Balaban J connectivity index is 1.85. The summed E-state index contributed by atoms with van der Waals surface area (Å²) in [4.78, 5) is 11.3. The van der Waals surface area contributed by atoms with Gasteiger partial charge in [0.25, 0.3) is 0 Å². The van der Waals surface area contributed by atoms with Crippen LogP contribution in [-0.2, 0) is 17.0 Å². The number of aliphatic carboxylic acids is 1. The molecule has 3 nitrogen and oxygen atoms in total. The Morgan fingerprint density at radius 3 is 2.10 bits per heavy atom. The van der Waals surface area contributed by atoms with Crippen molar-refractivity contribution in [2.75, 3.05) is 0 Å². The highest BCUT2D eigenvalue weighted by Gasteiger charge is 2.17. The van der Waals surface area contributed by atoms with Crippen molar-refractivity contribution in [1.29, 1.82) is 0 Å². The molecule has 0 amide bonds. The van der Waals surface area contributed by atoms with Gasteiger partial charge >= 0.3 is 5.97 Å². The van der Waals surface area contributed by atoms with Crippen LogP contribution in [0.2, 0.25) is 0 Å². The summed E-state index contributed by atoms with van der Waals surface area (Å²) in [5.41, 5.74) is 2.20. The van der Waals surface area contributed by atoms with Gasteiger partial charge in [-0.15, -0.1) is 0 Å². The van der Waals surface area contributed by atoms with E-state index in [2.05, 4.69) is 4.72 Å². The zero-order chi connectivity index (χ0) is 14.2. The van der Waals surface area contributed by atoms with E-state index in [9.17, 15) is 9.90 Å². The molecule has 0 aromatic heterocycles. The molecule has 0 aliphatic heterocycles. The standard InChI is InChI=1S/C16H17NO2S/c18-16(19)15(11-13-7-3-1-4-8-13)17-20-12-14-9-5-2-6-10-14/h1-10,15,17H,11-12H2,(H,18,19). The van der Waals surface area contributed by atoms with Crippen LogP contribution in [0.3, 0.4) is 0 Å². The molecule has 0 bridgehead atoms.